The average Bonchev–Trinajstić information content (AvgIpc) is 2.24. The maximum absolute atomic E-state index is 12.2. The van der Waals surface area contributed by atoms with Gasteiger partial charge in [-0.25, -0.2) is 0 Å². The largest absolute Gasteiger partial charge is 0.481 e. The molecule has 2 aliphatic rings. The highest BCUT2D eigenvalue weighted by Crippen LogP contribution is 2.51. The van der Waals surface area contributed by atoms with Gasteiger partial charge in [0, 0.05) is 18.3 Å². The lowest BCUT2D eigenvalue weighted by molar-refractivity contribution is -0.159. The molecule has 0 spiro atoms. The van der Waals surface area contributed by atoms with Crippen molar-refractivity contribution in [3.05, 3.63) is 0 Å². The summed E-state index contributed by atoms with van der Waals surface area (Å²) in [6.45, 7) is 3.79. The summed E-state index contributed by atoms with van der Waals surface area (Å²) < 4.78 is 0. The minimum absolute atomic E-state index is 0.104. The maximum Gasteiger partial charge on any atom is 0.314 e. The number of rotatable bonds is 1. The Balaban J connectivity index is 2.33. The first kappa shape index (κ1) is 12.3. The van der Waals surface area contributed by atoms with Gasteiger partial charge in [-0.1, -0.05) is 13.8 Å². The summed E-state index contributed by atoms with van der Waals surface area (Å²) in [6.07, 6.45) is 2.40. The van der Waals surface area contributed by atoms with E-state index >= 15 is 0 Å². The lowest BCUT2D eigenvalue weighted by Gasteiger charge is -2.47. The molecule has 94 valence electrons. The van der Waals surface area contributed by atoms with Gasteiger partial charge in [0.1, 0.15) is 11.7 Å². The second kappa shape index (κ2) is 3.93. The van der Waals surface area contributed by atoms with Crippen molar-refractivity contribution in [1.82, 2.24) is 0 Å². The van der Waals surface area contributed by atoms with Gasteiger partial charge in [-0.15, -0.1) is 0 Å². The fourth-order valence-electron chi connectivity index (χ4n) is 3.53. The van der Waals surface area contributed by atoms with Crippen LogP contribution in [0.25, 0.3) is 0 Å². The molecule has 1 N–H and O–H groups in total. The predicted molar refractivity (Wildman–Crippen MR) is 60.4 cm³/mol. The number of fused-ring (bicyclic) bond motifs is 1. The van der Waals surface area contributed by atoms with Gasteiger partial charge in [0.2, 0.25) is 0 Å². The standard InChI is InChI=1S/C13H18O4/c1-7-9(14)4-6-13(2)5-3-8(12(16)17)11(15)10(7)13/h7-8,10H,3-6H2,1-2H3,(H,16,17). The van der Waals surface area contributed by atoms with Crippen molar-refractivity contribution in [2.75, 3.05) is 0 Å². The second-order valence-electron chi connectivity index (χ2n) is 5.72. The highest BCUT2D eigenvalue weighted by Gasteiger charge is 2.53. The molecule has 0 amide bonds. The van der Waals surface area contributed by atoms with E-state index < -0.39 is 17.8 Å². The number of Topliss-reactive ketones (excluding diaryl/α,β-unsaturated/α-hetero) is 2. The highest BCUT2D eigenvalue weighted by atomic mass is 16.4. The number of ketones is 2. The van der Waals surface area contributed by atoms with Crippen LogP contribution in [0.1, 0.15) is 39.5 Å². The first-order valence-electron chi connectivity index (χ1n) is 6.16. The number of hydrogen-bond donors (Lipinski definition) is 1. The molecule has 4 unspecified atom stereocenters. The zero-order chi connectivity index (χ0) is 12.8. The smallest absolute Gasteiger partial charge is 0.314 e. The molecule has 4 heteroatoms. The third-order valence-corrected chi connectivity index (χ3v) is 4.65. The van der Waals surface area contributed by atoms with Gasteiger partial charge in [0.15, 0.2) is 5.78 Å². The predicted octanol–water partition coefficient (Wildman–Crippen LogP) is 1.67. The van der Waals surface area contributed by atoms with Gasteiger partial charge >= 0.3 is 5.97 Å². The van der Waals surface area contributed by atoms with Crippen LogP contribution in [0.2, 0.25) is 0 Å². The SMILES string of the molecule is CC1C(=O)CCC2(C)CCC(C(=O)O)C(=O)C12. The van der Waals surface area contributed by atoms with Gasteiger partial charge in [-0.05, 0) is 24.7 Å². The summed E-state index contributed by atoms with van der Waals surface area (Å²) in [5.41, 5.74) is -0.170. The Morgan fingerprint density at radius 2 is 2.00 bits per heavy atom. The molecule has 0 heterocycles. The molecule has 0 aliphatic heterocycles. The molecule has 0 bridgehead atoms. The van der Waals surface area contributed by atoms with Crippen LogP contribution in [0, 0.1) is 23.2 Å². The van der Waals surface area contributed by atoms with Crippen LogP contribution in [0.15, 0.2) is 0 Å². The molecule has 2 fully saturated rings. The topological polar surface area (TPSA) is 71.4 Å². The summed E-state index contributed by atoms with van der Waals surface area (Å²) >= 11 is 0. The van der Waals surface area contributed by atoms with Crippen LogP contribution in [-0.2, 0) is 14.4 Å². The average molecular weight is 238 g/mol. The summed E-state index contributed by atoms with van der Waals surface area (Å²) in [4.78, 5) is 35.0. The van der Waals surface area contributed by atoms with E-state index in [1.165, 1.54) is 0 Å². The van der Waals surface area contributed by atoms with Gasteiger partial charge in [-0.3, -0.25) is 14.4 Å². The van der Waals surface area contributed by atoms with Crippen LogP contribution in [-0.4, -0.2) is 22.6 Å². The van der Waals surface area contributed by atoms with Crippen molar-refractivity contribution < 1.29 is 19.5 Å². The summed E-state index contributed by atoms with van der Waals surface area (Å²) in [5.74, 6) is -2.77. The van der Waals surface area contributed by atoms with Gasteiger partial charge in [0.25, 0.3) is 0 Å². The fourth-order valence-corrected chi connectivity index (χ4v) is 3.53. The Labute approximate surface area is 100 Å². The van der Waals surface area contributed by atoms with E-state index in [9.17, 15) is 14.4 Å². The van der Waals surface area contributed by atoms with Crippen LogP contribution < -0.4 is 0 Å². The molecule has 4 nitrogen and oxygen atoms in total. The number of carbonyl (C=O) groups is 3. The Hall–Kier alpha value is -1.19. The molecule has 0 aromatic heterocycles. The first-order valence-corrected chi connectivity index (χ1v) is 6.16. The van der Waals surface area contributed by atoms with Crippen LogP contribution >= 0.6 is 0 Å². The number of carboxylic acid groups (broad SMARTS) is 1. The summed E-state index contributed by atoms with van der Waals surface area (Å²) in [6, 6.07) is 0. The number of carbonyl (C=O) groups excluding carboxylic acids is 2. The molecule has 17 heavy (non-hydrogen) atoms. The molecule has 0 radical (unpaired) electrons. The second-order valence-corrected chi connectivity index (χ2v) is 5.72. The minimum atomic E-state index is -1.04. The van der Waals surface area contributed by atoms with E-state index in [0.29, 0.717) is 12.8 Å². The van der Waals surface area contributed by atoms with Crippen molar-refractivity contribution in [3.8, 4) is 0 Å². The first-order chi connectivity index (χ1) is 7.87. The molecular formula is C13H18O4. The fraction of sp³-hybridized carbons (Fsp3) is 0.769. The Bertz CT molecular complexity index is 387. The molecular weight excluding hydrogens is 220 g/mol. The number of aliphatic carboxylic acids is 1. The zero-order valence-corrected chi connectivity index (χ0v) is 10.2. The quantitative estimate of drug-likeness (QED) is 0.705. The molecule has 2 saturated carbocycles. The van der Waals surface area contributed by atoms with E-state index in [-0.39, 0.29) is 22.9 Å². The van der Waals surface area contributed by atoms with Crippen molar-refractivity contribution in [3.63, 3.8) is 0 Å². The zero-order valence-electron chi connectivity index (χ0n) is 10.2. The van der Waals surface area contributed by atoms with Crippen molar-refractivity contribution in [2.45, 2.75) is 39.5 Å². The molecule has 0 saturated heterocycles. The highest BCUT2D eigenvalue weighted by molar-refractivity contribution is 6.02. The van der Waals surface area contributed by atoms with E-state index in [2.05, 4.69) is 0 Å². The lowest BCUT2D eigenvalue weighted by atomic mass is 9.54. The van der Waals surface area contributed by atoms with E-state index in [1.807, 2.05) is 6.92 Å². The Morgan fingerprint density at radius 3 is 2.59 bits per heavy atom. The summed E-state index contributed by atoms with van der Waals surface area (Å²) in [5, 5.41) is 9.03. The molecule has 4 atom stereocenters. The van der Waals surface area contributed by atoms with Crippen molar-refractivity contribution >= 4 is 17.5 Å². The van der Waals surface area contributed by atoms with Gasteiger partial charge in [0.05, 0.1) is 0 Å². The van der Waals surface area contributed by atoms with E-state index in [4.69, 9.17) is 5.11 Å². The van der Waals surface area contributed by atoms with E-state index in [0.717, 1.165) is 12.8 Å². The molecule has 2 rings (SSSR count). The van der Waals surface area contributed by atoms with Crippen LogP contribution in [0.3, 0.4) is 0 Å². The van der Waals surface area contributed by atoms with E-state index in [1.54, 1.807) is 6.92 Å². The van der Waals surface area contributed by atoms with Crippen LogP contribution in [0.5, 0.6) is 0 Å². The van der Waals surface area contributed by atoms with Gasteiger partial charge < -0.3 is 5.11 Å². The Morgan fingerprint density at radius 1 is 1.35 bits per heavy atom. The normalized spacial score (nSPS) is 42.1. The number of carboxylic acids is 1. The molecule has 2 aliphatic carbocycles. The molecule has 0 aromatic carbocycles. The van der Waals surface area contributed by atoms with Crippen molar-refractivity contribution in [2.24, 2.45) is 23.2 Å². The minimum Gasteiger partial charge on any atom is -0.481 e. The maximum atomic E-state index is 12.2. The summed E-state index contributed by atoms with van der Waals surface area (Å²) in [7, 11) is 0. The number of hydrogen-bond acceptors (Lipinski definition) is 3. The van der Waals surface area contributed by atoms with Crippen molar-refractivity contribution in [1.29, 1.82) is 0 Å². The molecule has 0 aromatic rings. The third kappa shape index (κ3) is 1.79. The van der Waals surface area contributed by atoms with Gasteiger partial charge in [-0.2, -0.15) is 0 Å². The lowest BCUT2D eigenvalue weighted by Crippen LogP contribution is -2.51. The monoisotopic (exact) mass is 238 g/mol. The van der Waals surface area contributed by atoms with Crippen LogP contribution in [0.4, 0.5) is 0 Å². The third-order valence-electron chi connectivity index (χ3n) is 4.65. The Kier molecular flexibility index (Phi) is 2.84.